The van der Waals surface area contributed by atoms with Gasteiger partial charge < -0.3 is 15.4 Å². The molecule has 5 fully saturated rings. The van der Waals surface area contributed by atoms with Gasteiger partial charge in [-0.05, 0) is 100 Å². The molecule has 1 amide bonds. The molecule has 146 valence electrons. The smallest absolute Gasteiger partial charge is 0.253 e. The number of hydrogen-bond acceptors (Lipinski definition) is 3. The van der Waals surface area contributed by atoms with Crippen LogP contribution in [0.1, 0.15) is 61.7 Å². The summed E-state index contributed by atoms with van der Waals surface area (Å²) in [4.78, 5) is 13.1. The predicted molar refractivity (Wildman–Crippen MR) is 106 cm³/mol. The standard InChI is InChI=1S/C22H29ClN2O2/c23-20-2-1-18(27-17-3-5-24-6-4-17)10-19(20)21(26)25-22-11-14-7-15(12-22)9-16(8-14)13-22/h1-2,10,14-17,24H,3-9,11-13H2,(H,25,26). The molecular formula is C22H29ClN2O2. The van der Waals surface area contributed by atoms with E-state index in [9.17, 15) is 4.79 Å². The van der Waals surface area contributed by atoms with Crippen LogP contribution in [0.15, 0.2) is 18.2 Å². The number of rotatable bonds is 4. The van der Waals surface area contributed by atoms with Crippen LogP contribution in [-0.4, -0.2) is 30.6 Å². The molecule has 1 aromatic rings. The summed E-state index contributed by atoms with van der Waals surface area (Å²) >= 11 is 6.39. The summed E-state index contributed by atoms with van der Waals surface area (Å²) < 4.78 is 6.12. The Balaban J connectivity index is 1.31. The number of amides is 1. The lowest BCUT2D eigenvalue weighted by Gasteiger charge is -2.56. The van der Waals surface area contributed by atoms with Gasteiger partial charge in [0.15, 0.2) is 0 Å². The highest BCUT2D eigenvalue weighted by atomic mass is 35.5. The van der Waals surface area contributed by atoms with E-state index in [1.54, 1.807) is 6.07 Å². The Bertz CT molecular complexity index is 694. The Kier molecular flexibility index (Phi) is 4.60. The van der Waals surface area contributed by atoms with Crippen LogP contribution in [0.3, 0.4) is 0 Å². The van der Waals surface area contributed by atoms with E-state index in [0.717, 1.165) is 68.7 Å². The molecule has 1 aliphatic heterocycles. The summed E-state index contributed by atoms with van der Waals surface area (Å²) in [5.74, 6) is 3.14. The van der Waals surface area contributed by atoms with Gasteiger partial charge in [0.05, 0.1) is 10.6 Å². The van der Waals surface area contributed by atoms with Crippen LogP contribution in [-0.2, 0) is 0 Å². The average molecular weight is 389 g/mol. The average Bonchev–Trinajstić information content (AvgIpc) is 2.62. The summed E-state index contributed by atoms with van der Waals surface area (Å²) in [7, 11) is 0. The van der Waals surface area contributed by atoms with E-state index in [4.69, 9.17) is 16.3 Å². The van der Waals surface area contributed by atoms with E-state index in [2.05, 4.69) is 10.6 Å². The van der Waals surface area contributed by atoms with Crippen LogP contribution in [0, 0.1) is 17.8 Å². The Morgan fingerprint density at radius 1 is 1.07 bits per heavy atom. The molecule has 4 aliphatic carbocycles. The number of carbonyl (C=O) groups excluding carboxylic acids is 1. The van der Waals surface area contributed by atoms with Gasteiger partial charge in [0, 0.05) is 5.54 Å². The fraction of sp³-hybridized carbons (Fsp3) is 0.682. The highest BCUT2D eigenvalue weighted by Gasteiger charge is 2.51. The molecule has 0 unspecified atom stereocenters. The van der Waals surface area contributed by atoms with Gasteiger partial charge in [-0.3, -0.25) is 4.79 Å². The van der Waals surface area contributed by atoms with Gasteiger partial charge in [0.1, 0.15) is 11.9 Å². The first-order valence-electron chi connectivity index (χ1n) is 10.6. The Labute approximate surface area is 166 Å². The minimum absolute atomic E-state index is 0.00105. The summed E-state index contributed by atoms with van der Waals surface area (Å²) in [5.41, 5.74) is 0.556. The molecule has 1 heterocycles. The van der Waals surface area contributed by atoms with Gasteiger partial charge >= 0.3 is 0 Å². The second-order valence-electron chi connectivity index (χ2n) is 9.36. The summed E-state index contributed by atoms with van der Waals surface area (Å²) in [6, 6.07) is 5.51. The monoisotopic (exact) mass is 388 g/mol. The van der Waals surface area contributed by atoms with E-state index in [1.807, 2.05) is 12.1 Å². The van der Waals surface area contributed by atoms with Crippen LogP contribution in [0.5, 0.6) is 5.75 Å². The van der Waals surface area contributed by atoms with Crippen molar-refractivity contribution in [2.75, 3.05) is 13.1 Å². The molecule has 1 saturated heterocycles. The zero-order chi connectivity index (χ0) is 18.4. The quantitative estimate of drug-likeness (QED) is 0.813. The van der Waals surface area contributed by atoms with E-state index < -0.39 is 0 Å². The molecule has 0 atom stereocenters. The number of halogens is 1. The molecule has 4 nitrogen and oxygen atoms in total. The van der Waals surface area contributed by atoms with Crippen LogP contribution in [0.4, 0.5) is 0 Å². The molecule has 0 aromatic heterocycles. The van der Waals surface area contributed by atoms with Gasteiger partial charge in [-0.15, -0.1) is 0 Å². The van der Waals surface area contributed by atoms with Crippen molar-refractivity contribution in [3.63, 3.8) is 0 Å². The largest absolute Gasteiger partial charge is 0.490 e. The number of hydrogen-bond donors (Lipinski definition) is 2. The van der Waals surface area contributed by atoms with Gasteiger partial charge in [0.2, 0.25) is 0 Å². The van der Waals surface area contributed by atoms with Crippen molar-refractivity contribution >= 4 is 17.5 Å². The summed E-state index contributed by atoms with van der Waals surface area (Å²) in [6.07, 6.45) is 9.76. The molecule has 4 bridgehead atoms. The fourth-order valence-corrected chi connectivity index (χ4v) is 6.63. The molecule has 5 heteroatoms. The number of nitrogens with one attached hydrogen (secondary N) is 2. The van der Waals surface area contributed by atoms with Gasteiger partial charge in [-0.1, -0.05) is 11.6 Å². The third kappa shape index (κ3) is 3.58. The molecule has 2 N–H and O–H groups in total. The van der Waals surface area contributed by atoms with E-state index in [1.165, 1.54) is 19.3 Å². The zero-order valence-corrected chi connectivity index (χ0v) is 16.6. The Morgan fingerprint density at radius 3 is 2.33 bits per heavy atom. The van der Waals surface area contributed by atoms with Crippen molar-refractivity contribution in [1.82, 2.24) is 10.6 Å². The molecule has 27 heavy (non-hydrogen) atoms. The van der Waals surface area contributed by atoms with Crippen LogP contribution < -0.4 is 15.4 Å². The first kappa shape index (κ1) is 17.8. The topological polar surface area (TPSA) is 50.4 Å². The van der Waals surface area contributed by atoms with E-state index in [-0.39, 0.29) is 17.6 Å². The summed E-state index contributed by atoms with van der Waals surface area (Å²) in [5, 5.41) is 7.28. The van der Waals surface area contributed by atoms with Crippen molar-refractivity contribution in [2.45, 2.75) is 63.0 Å². The predicted octanol–water partition coefficient (Wildman–Crippen LogP) is 4.17. The summed E-state index contributed by atoms with van der Waals surface area (Å²) in [6.45, 7) is 1.97. The number of carbonyl (C=O) groups is 1. The van der Waals surface area contributed by atoms with Gasteiger partial charge in [-0.25, -0.2) is 0 Å². The lowest BCUT2D eigenvalue weighted by molar-refractivity contribution is -0.0167. The van der Waals surface area contributed by atoms with Crippen molar-refractivity contribution in [2.24, 2.45) is 17.8 Å². The lowest BCUT2D eigenvalue weighted by Crippen LogP contribution is -2.59. The molecule has 0 spiro atoms. The van der Waals surface area contributed by atoms with Gasteiger partial charge in [-0.2, -0.15) is 0 Å². The normalized spacial score (nSPS) is 35.2. The highest BCUT2D eigenvalue weighted by Crippen LogP contribution is 2.55. The Hall–Kier alpha value is -1.26. The molecule has 1 aromatic carbocycles. The van der Waals surface area contributed by atoms with Crippen molar-refractivity contribution in [3.8, 4) is 5.75 Å². The number of piperidine rings is 1. The third-order valence-electron chi connectivity index (χ3n) is 7.19. The lowest BCUT2D eigenvalue weighted by atomic mass is 9.53. The fourth-order valence-electron chi connectivity index (χ4n) is 6.43. The third-order valence-corrected chi connectivity index (χ3v) is 7.52. The maximum Gasteiger partial charge on any atom is 0.253 e. The van der Waals surface area contributed by atoms with Crippen molar-refractivity contribution in [1.29, 1.82) is 0 Å². The minimum Gasteiger partial charge on any atom is -0.490 e. The van der Waals surface area contributed by atoms with Gasteiger partial charge in [0.25, 0.3) is 5.91 Å². The number of ether oxygens (including phenoxy) is 1. The first-order valence-corrected chi connectivity index (χ1v) is 11.0. The van der Waals surface area contributed by atoms with E-state index in [0.29, 0.717) is 10.6 Å². The number of benzene rings is 1. The van der Waals surface area contributed by atoms with Crippen molar-refractivity contribution < 1.29 is 9.53 Å². The zero-order valence-electron chi connectivity index (χ0n) is 15.8. The van der Waals surface area contributed by atoms with Crippen molar-refractivity contribution in [3.05, 3.63) is 28.8 Å². The SMILES string of the molecule is O=C(NC12CC3CC(CC(C3)C1)C2)c1cc(OC2CCNCC2)ccc1Cl. The molecule has 4 saturated carbocycles. The molecule has 6 rings (SSSR count). The Morgan fingerprint density at radius 2 is 1.70 bits per heavy atom. The molecular weight excluding hydrogens is 360 g/mol. The highest BCUT2D eigenvalue weighted by molar-refractivity contribution is 6.33. The molecule has 5 aliphatic rings. The minimum atomic E-state index is -0.0299. The first-order chi connectivity index (χ1) is 13.1. The van der Waals surface area contributed by atoms with E-state index >= 15 is 0 Å². The molecule has 0 radical (unpaired) electrons. The van der Waals surface area contributed by atoms with Crippen LogP contribution in [0.2, 0.25) is 5.02 Å². The maximum atomic E-state index is 13.1. The van der Waals surface area contributed by atoms with Crippen LogP contribution >= 0.6 is 11.6 Å². The second kappa shape index (κ2) is 6.97. The second-order valence-corrected chi connectivity index (χ2v) is 9.77. The van der Waals surface area contributed by atoms with Crippen LogP contribution in [0.25, 0.3) is 0 Å². The maximum absolute atomic E-state index is 13.1.